The lowest BCUT2D eigenvalue weighted by atomic mass is 10.1. The molecule has 1 N–H and O–H groups in total. The average molecular weight is 398 g/mol. The number of carbonyl (C=O) groups excluding carboxylic acids is 1. The minimum atomic E-state index is -0.194. The average Bonchev–Trinajstić information content (AvgIpc) is 3.11. The molecule has 0 fully saturated rings. The van der Waals surface area contributed by atoms with Gasteiger partial charge in [0.15, 0.2) is 5.16 Å². The SMILES string of the molecule is CCCn1c(=O)c2ccc(C(=O)NCC(C)C)cc2n2c(SCC#N)nnc12. The third-order valence-electron chi connectivity index (χ3n) is 4.22. The molecule has 28 heavy (non-hydrogen) atoms. The maximum absolute atomic E-state index is 13.0. The number of carbonyl (C=O) groups is 1. The molecule has 2 heterocycles. The van der Waals surface area contributed by atoms with Crippen molar-refractivity contribution < 1.29 is 4.79 Å². The third-order valence-corrected chi connectivity index (χ3v) is 5.01. The van der Waals surface area contributed by atoms with E-state index in [-0.39, 0.29) is 17.2 Å². The summed E-state index contributed by atoms with van der Waals surface area (Å²) in [6, 6.07) is 7.10. The number of rotatable bonds is 7. The van der Waals surface area contributed by atoms with E-state index in [1.54, 1.807) is 27.2 Å². The number of nitriles is 1. The zero-order chi connectivity index (χ0) is 20.3. The Morgan fingerprint density at radius 1 is 1.36 bits per heavy atom. The molecule has 3 aromatic rings. The van der Waals surface area contributed by atoms with Gasteiger partial charge >= 0.3 is 0 Å². The molecule has 0 aliphatic heterocycles. The molecule has 1 amide bonds. The fourth-order valence-corrected chi connectivity index (χ4v) is 3.54. The fourth-order valence-electron chi connectivity index (χ4n) is 2.94. The molecule has 0 aliphatic rings. The number of hydrogen-bond donors (Lipinski definition) is 1. The molecule has 1 aromatic carbocycles. The Balaban J connectivity index is 2.23. The molecule has 0 spiro atoms. The van der Waals surface area contributed by atoms with Gasteiger partial charge in [-0.1, -0.05) is 32.5 Å². The number of benzene rings is 1. The van der Waals surface area contributed by atoms with E-state index in [0.29, 0.717) is 46.4 Å². The van der Waals surface area contributed by atoms with Crippen LogP contribution in [0.1, 0.15) is 37.6 Å². The van der Waals surface area contributed by atoms with Crippen molar-refractivity contribution in [3.8, 4) is 6.07 Å². The standard InChI is InChI=1S/C19H22N6O2S/c1-4-8-24-17(27)14-6-5-13(16(26)21-11-12(2)3)10-15(14)25-18(24)22-23-19(25)28-9-7-20/h5-6,10,12H,4,8-9,11H2,1-3H3,(H,21,26). The maximum Gasteiger partial charge on any atom is 0.262 e. The molecular formula is C19H22N6O2S. The number of nitrogens with one attached hydrogen (secondary N) is 1. The van der Waals surface area contributed by atoms with Crippen LogP contribution >= 0.6 is 11.8 Å². The van der Waals surface area contributed by atoms with Crippen LogP contribution in [0.2, 0.25) is 0 Å². The number of hydrogen-bond acceptors (Lipinski definition) is 6. The van der Waals surface area contributed by atoms with Gasteiger partial charge in [0, 0.05) is 18.7 Å². The number of fused-ring (bicyclic) bond motifs is 3. The van der Waals surface area contributed by atoms with E-state index >= 15 is 0 Å². The van der Waals surface area contributed by atoms with Crippen LogP contribution in [0, 0.1) is 17.2 Å². The highest BCUT2D eigenvalue weighted by molar-refractivity contribution is 7.99. The number of aromatic nitrogens is 4. The molecule has 2 aromatic heterocycles. The molecule has 0 saturated carbocycles. The molecule has 8 nitrogen and oxygen atoms in total. The van der Waals surface area contributed by atoms with E-state index in [4.69, 9.17) is 5.26 Å². The van der Waals surface area contributed by atoms with Crippen LogP contribution in [-0.4, -0.2) is 37.4 Å². The summed E-state index contributed by atoms with van der Waals surface area (Å²) in [4.78, 5) is 25.5. The third kappa shape index (κ3) is 3.73. The van der Waals surface area contributed by atoms with E-state index < -0.39 is 0 Å². The highest BCUT2D eigenvalue weighted by Crippen LogP contribution is 2.22. The van der Waals surface area contributed by atoms with E-state index in [9.17, 15) is 9.59 Å². The number of nitrogens with zero attached hydrogens (tertiary/aromatic N) is 5. The molecular weight excluding hydrogens is 376 g/mol. The first kappa shape index (κ1) is 19.9. The van der Waals surface area contributed by atoms with Crippen molar-refractivity contribution in [2.45, 2.75) is 38.9 Å². The van der Waals surface area contributed by atoms with E-state index in [1.807, 2.05) is 20.8 Å². The van der Waals surface area contributed by atoms with Gasteiger partial charge in [-0.05, 0) is 30.5 Å². The van der Waals surface area contributed by atoms with Crippen molar-refractivity contribution in [3.63, 3.8) is 0 Å². The minimum absolute atomic E-state index is 0.164. The Bertz CT molecular complexity index is 1130. The summed E-state index contributed by atoms with van der Waals surface area (Å²) in [5, 5.41) is 21.2. The molecule has 146 valence electrons. The van der Waals surface area contributed by atoms with Crippen molar-refractivity contribution in [2.24, 2.45) is 5.92 Å². The second-order valence-corrected chi connectivity index (χ2v) is 7.80. The maximum atomic E-state index is 13.0. The van der Waals surface area contributed by atoms with Gasteiger partial charge in [0.2, 0.25) is 5.78 Å². The molecule has 3 rings (SSSR count). The summed E-state index contributed by atoms with van der Waals surface area (Å²) in [6.45, 7) is 7.11. The highest BCUT2D eigenvalue weighted by atomic mass is 32.2. The zero-order valence-electron chi connectivity index (χ0n) is 16.1. The van der Waals surface area contributed by atoms with Gasteiger partial charge in [0.25, 0.3) is 11.5 Å². The topological polar surface area (TPSA) is 105 Å². The van der Waals surface area contributed by atoms with E-state index in [0.717, 1.165) is 6.42 Å². The van der Waals surface area contributed by atoms with Crippen LogP contribution in [0.5, 0.6) is 0 Å². The summed E-state index contributed by atoms with van der Waals surface area (Å²) < 4.78 is 3.35. The summed E-state index contributed by atoms with van der Waals surface area (Å²) in [5.41, 5.74) is 0.865. The van der Waals surface area contributed by atoms with Gasteiger partial charge in [0.05, 0.1) is 22.7 Å². The largest absolute Gasteiger partial charge is 0.352 e. The Labute approximate surface area is 166 Å². The van der Waals surface area contributed by atoms with Crippen molar-refractivity contribution in [3.05, 3.63) is 34.1 Å². The van der Waals surface area contributed by atoms with Crippen LogP contribution < -0.4 is 10.9 Å². The van der Waals surface area contributed by atoms with Gasteiger partial charge in [-0.2, -0.15) is 5.26 Å². The fraction of sp³-hybridized carbons (Fsp3) is 0.421. The van der Waals surface area contributed by atoms with Gasteiger partial charge in [-0.25, -0.2) is 0 Å². The van der Waals surface area contributed by atoms with Crippen LogP contribution in [-0.2, 0) is 6.54 Å². The molecule has 0 atom stereocenters. The van der Waals surface area contributed by atoms with Crippen LogP contribution in [0.3, 0.4) is 0 Å². The normalized spacial score (nSPS) is 11.2. The number of thioether (sulfide) groups is 1. The summed E-state index contributed by atoms with van der Waals surface area (Å²) in [6.07, 6.45) is 0.768. The predicted octanol–water partition coefficient (Wildman–Crippen LogP) is 2.46. The molecule has 0 radical (unpaired) electrons. The van der Waals surface area contributed by atoms with E-state index in [2.05, 4.69) is 21.6 Å². The van der Waals surface area contributed by atoms with Crippen molar-refractivity contribution in [1.29, 1.82) is 5.26 Å². The Kier molecular flexibility index (Phi) is 5.99. The van der Waals surface area contributed by atoms with Crippen LogP contribution in [0.4, 0.5) is 0 Å². The lowest BCUT2D eigenvalue weighted by Crippen LogP contribution is -2.28. The lowest BCUT2D eigenvalue weighted by molar-refractivity contribution is 0.0949. The minimum Gasteiger partial charge on any atom is -0.352 e. The lowest BCUT2D eigenvalue weighted by Gasteiger charge is -2.12. The Hall–Kier alpha value is -2.86. The van der Waals surface area contributed by atoms with Crippen molar-refractivity contribution in [2.75, 3.05) is 12.3 Å². The second kappa shape index (κ2) is 8.44. The van der Waals surface area contributed by atoms with Gasteiger partial charge in [0.1, 0.15) is 0 Å². The first-order valence-electron chi connectivity index (χ1n) is 9.17. The zero-order valence-corrected chi connectivity index (χ0v) is 16.9. The first-order valence-corrected chi connectivity index (χ1v) is 10.2. The molecule has 9 heteroatoms. The highest BCUT2D eigenvalue weighted by Gasteiger charge is 2.18. The molecule has 0 saturated heterocycles. The van der Waals surface area contributed by atoms with Crippen molar-refractivity contribution >= 4 is 34.3 Å². The van der Waals surface area contributed by atoms with Crippen LogP contribution in [0.15, 0.2) is 28.2 Å². The van der Waals surface area contributed by atoms with E-state index in [1.165, 1.54) is 11.8 Å². The molecule has 0 bridgehead atoms. The number of aryl methyl sites for hydroxylation is 1. The van der Waals surface area contributed by atoms with Gasteiger partial charge < -0.3 is 5.32 Å². The van der Waals surface area contributed by atoms with Gasteiger partial charge in [-0.3, -0.25) is 18.6 Å². The Morgan fingerprint density at radius 2 is 2.14 bits per heavy atom. The summed E-state index contributed by atoms with van der Waals surface area (Å²) >= 11 is 1.24. The smallest absolute Gasteiger partial charge is 0.262 e. The second-order valence-electron chi connectivity index (χ2n) is 6.86. The Morgan fingerprint density at radius 3 is 2.82 bits per heavy atom. The quantitative estimate of drug-likeness (QED) is 0.613. The molecule has 0 aliphatic carbocycles. The summed E-state index contributed by atoms with van der Waals surface area (Å²) in [5.74, 6) is 0.772. The number of amides is 1. The van der Waals surface area contributed by atoms with Crippen molar-refractivity contribution in [1.82, 2.24) is 24.5 Å². The predicted molar refractivity (Wildman–Crippen MR) is 109 cm³/mol. The first-order chi connectivity index (χ1) is 13.5. The van der Waals surface area contributed by atoms with Crippen LogP contribution in [0.25, 0.3) is 16.7 Å². The monoisotopic (exact) mass is 398 g/mol. The molecule has 0 unspecified atom stereocenters. The summed E-state index contributed by atoms with van der Waals surface area (Å²) in [7, 11) is 0. The van der Waals surface area contributed by atoms with Gasteiger partial charge in [-0.15, -0.1) is 10.2 Å².